The second-order valence-electron chi connectivity index (χ2n) is 10.0. The highest BCUT2D eigenvalue weighted by molar-refractivity contribution is 7.89. The van der Waals surface area contributed by atoms with Gasteiger partial charge in [0.05, 0.1) is 17.1 Å². The minimum absolute atomic E-state index is 0.245. The van der Waals surface area contributed by atoms with E-state index in [-0.39, 0.29) is 34.5 Å². The smallest absolute Gasteiger partial charge is 0.244 e. The predicted octanol–water partition coefficient (Wildman–Crippen LogP) is 6.46. The molecule has 1 aliphatic carbocycles. The second kappa shape index (κ2) is 11.8. The second-order valence-corrected chi connectivity index (χ2v) is 12.3. The molecule has 0 aromatic heterocycles. The van der Waals surface area contributed by atoms with Gasteiger partial charge in [-0.05, 0) is 62.9 Å². The Kier molecular flexibility index (Phi) is 8.71. The molecule has 0 aliphatic heterocycles. The van der Waals surface area contributed by atoms with Crippen molar-refractivity contribution in [2.24, 2.45) is 0 Å². The van der Waals surface area contributed by atoms with Crippen LogP contribution in [-0.4, -0.2) is 37.0 Å². The number of aryl methyl sites for hydroxylation is 3. The number of anilines is 1. The van der Waals surface area contributed by atoms with E-state index in [0.29, 0.717) is 34.6 Å². The molecule has 6 nitrogen and oxygen atoms in total. The number of halogens is 1. The number of hydrogen-bond acceptors (Lipinski definition) is 4. The van der Waals surface area contributed by atoms with Crippen molar-refractivity contribution in [2.45, 2.75) is 63.8 Å². The van der Waals surface area contributed by atoms with Crippen LogP contribution in [0.4, 0.5) is 5.69 Å². The molecule has 3 aromatic carbocycles. The Balaban J connectivity index is 1.66. The molecule has 0 unspecified atom stereocenters. The normalized spacial score (nSPS) is 14.4. The quantitative estimate of drug-likeness (QED) is 0.325. The first-order valence-electron chi connectivity index (χ1n) is 12.9. The van der Waals surface area contributed by atoms with Gasteiger partial charge in [0.15, 0.2) is 5.78 Å². The molecule has 3 aromatic rings. The van der Waals surface area contributed by atoms with Crippen LogP contribution in [0.25, 0.3) is 0 Å². The van der Waals surface area contributed by atoms with Crippen molar-refractivity contribution in [3.8, 4) is 0 Å². The molecule has 1 N–H and O–H groups in total. The molecule has 0 spiro atoms. The van der Waals surface area contributed by atoms with E-state index in [9.17, 15) is 18.0 Å². The van der Waals surface area contributed by atoms with E-state index in [1.165, 1.54) is 10.4 Å². The van der Waals surface area contributed by atoms with Crippen molar-refractivity contribution in [1.29, 1.82) is 0 Å². The van der Waals surface area contributed by atoms with Gasteiger partial charge in [-0.1, -0.05) is 78.9 Å². The monoisotopic (exact) mass is 552 g/mol. The molecule has 0 radical (unpaired) electrons. The number of nitrogens with one attached hydrogen (secondary N) is 1. The summed E-state index contributed by atoms with van der Waals surface area (Å²) in [5.74, 6) is -0.794. The van der Waals surface area contributed by atoms with Gasteiger partial charge in [0.2, 0.25) is 15.9 Å². The Morgan fingerprint density at radius 1 is 0.921 bits per heavy atom. The first-order chi connectivity index (χ1) is 18.1. The molecule has 4 rings (SSSR count). The number of carbonyl (C=O) groups is 2. The number of rotatable bonds is 8. The van der Waals surface area contributed by atoms with Crippen molar-refractivity contribution in [1.82, 2.24) is 4.31 Å². The van der Waals surface area contributed by atoms with Crippen molar-refractivity contribution in [3.05, 3.63) is 93.5 Å². The number of hydrogen-bond donors (Lipinski definition) is 1. The van der Waals surface area contributed by atoms with E-state index in [0.717, 1.165) is 24.8 Å². The largest absolute Gasteiger partial charge is 0.324 e. The molecule has 1 saturated carbocycles. The van der Waals surface area contributed by atoms with Gasteiger partial charge in [-0.15, -0.1) is 0 Å². The summed E-state index contributed by atoms with van der Waals surface area (Å²) in [5.41, 5.74) is 3.31. The van der Waals surface area contributed by atoms with Gasteiger partial charge in [0.25, 0.3) is 0 Å². The molecular weight excluding hydrogens is 520 g/mol. The third kappa shape index (κ3) is 6.17. The maximum atomic E-state index is 14.1. The Bertz CT molecular complexity index is 1430. The lowest BCUT2D eigenvalue weighted by Gasteiger charge is -2.34. The van der Waals surface area contributed by atoms with Crippen molar-refractivity contribution in [3.63, 3.8) is 0 Å². The average molecular weight is 553 g/mol. The van der Waals surface area contributed by atoms with E-state index < -0.39 is 15.9 Å². The molecule has 1 aliphatic rings. The first-order valence-corrected chi connectivity index (χ1v) is 14.7. The number of benzene rings is 3. The van der Waals surface area contributed by atoms with Gasteiger partial charge in [-0.3, -0.25) is 9.59 Å². The van der Waals surface area contributed by atoms with Crippen LogP contribution in [-0.2, 0) is 14.8 Å². The maximum absolute atomic E-state index is 14.1. The van der Waals surface area contributed by atoms with E-state index in [1.54, 1.807) is 50.2 Å². The summed E-state index contributed by atoms with van der Waals surface area (Å²) in [5, 5.41) is 3.16. The first kappa shape index (κ1) is 28.0. The lowest BCUT2D eigenvalue weighted by atomic mass is 9.95. The fraction of sp³-hybridized carbons (Fsp3) is 0.333. The topological polar surface area (TPSA) is 83.6 Å². The van der Waals surface area contributed by atoms with Crippen LogP contribution in [0, 0.1) is 20.8 Å². The maximum Gasteiger partial charge on any atom is 0.244 e. The molecule has 1 amide bonds. The van der Waals surface area contributed by atoms with Crippen molar-refractivity contribution >= 4 is 39.0 Å². The molecule has 0 bridgehead atoms. The van der Waals surface area contributed by atoms with E-state index in [1.807, 2.05) is 25.1 Å². The predicted molar refractivity (Wildman–Crippen MR) is 151 cm³/mol. The molecule has 0 heterocycles. The molecule has 200 valence electrons. The van der Waals surface area contributed by atoms with Crippen molar-refractivity contribution < 1.29 is 18.0 Å². The Morgan fingerprint density at radius 2 is 1.55 bits per heavy atom. The van der Waals surface area contributed by atoms with Gasteiger partial charge in [0, 0.05) is 22.2 Å². The summed E-state index contributed by atoms with van der Waals surface area (Å²) in [6.45, 7) is 5.17. The van der Waals surface area contributed by atoms with Crippen LogP contribution < -0.4 is 5.32 Å². The van der Waals surface area contributed by atoms with Crippen LogP contribution in [0.3, 0.4) is 0 Å². The molecule has 0 atom stereocenters. The third-order valence-corrected chi connectivity index (χ3v) is 9.43. The summed E-state index contributed by atoms with van der Waals surface area (Å²) < 4.78 is 29.5. The highest BCUT2D eigenvalue weighted by Gasteiger charge is 2.36. The lowest BCUT2D eigenvalue weighted by molar-refractivity contribution is -0.116. The van der Waals surface area contributed by atoms with Gasteiger partial charge in [0.1, 0.15) is 0 Å². The van der Waals surface area contributed by atoms with E-state index >= 15 is 0 Å². The summed E-state index contributed by atoms with van der Waals surface area (Å²) in [6.07, 6.45) is 4.29. The number of nitrogens with zero attached hydrogens (tertiary/aromatic N) is 1. The number of carbonyl (C=O) groups excluding carboxylic acids is 2. The lowest BCUT2D eigenvalue weighted by Crippen LogP contribution is -2.46. The fourth-order valence-electron chi connectivity index (χ4n) is 5.36. The van der Waals surface area contributed by atoms with Crippen LogP contribution in [0.5, 0.6) is 0 Å². The average Bonchev–Trinajstić information content (AvgIpc) is 2.88. The molecule has 8 heteroatoms. The molecule has 0 saturated heterocycles. The highest BCUT2D eigenvalue weighted by Crippen LogP contribution is 2.32. The Morgan fingerprint density at radius 3 is 2.18 bits per heavy atom. The molecular formula is C30H33ClN2O4S. The zero-order valence-electron chi connectivity index (χ0n) is 22.0. The summed E-state index contributed by atoms with van der Waals surface area (Å²) in [4.78, 5) is 26.9. The van der Waals surface area contributed by atoms with E-state index in [2.05, 4.69) is 5.32 Å². The Labute approximate surface area is 230 Å². The molecule has 38 heavy (non-hydrogen) atoms. The number of ketones is 1. The zero-order valence-corrected chi connectivity index (χ0v) is 23.5. The van der Waals surface area contributed by atoms with Crippen molar-refractivity contribution in [2.75, 3.05) is 11.9 Å². The van der Waals surface area contributed by atoms with Crippen LogP contribution in [0.1, 0.15) is 64.7 Å². The zero-order chi connectivity index (χ0) is 27.4. The summed E-state index contributed by atoms with van der Waals surface area (Å²) in [6, 6.07) is 16.8. The number of sulfonamides is 1. The SMILES string of the molecule is Cc1cc(C)c(S(=O)(=O)N(CC(=O)Nc2ccc(Cl)cc2C(=O)c2ccccc2)C2CCCCC2)c(C)c1. The third-order valence-electron chi connectivity index (χ3n) is 6.99. The van der Waals surface area contributed by atoms with Gasteiger partial charge >= 0.3 is 0 Å². The van der Waals surface area contributed by atoms with Gasteiger partial charge in [-0.25, -0.2) is 8.42 Å². The van der Waals surface area contributed by atoms with Crippen LogP contribution in [0.15, 0.2) is 65.6 Å². The fourth-order valence-corrected chi connectivity index (χ4v) is 7.59. The highest BCUT2D eigenvalue weighted by atomic mass is 35.5. The van der Waals surface area contributed by atoms with E-state index in [4.69, 9.17) is 11.6 Å². The van der Waals surface area contributed by atoms with Gasteiger partial charge in [-0.2, -0.15) is 4.31 Å². The minimum atomic E-state index is -3.96. The molecule has 1 fully saturated rings. The summed E-state index contributed by atoms with van der Waals surface area (Å²) >= 11 is 6.19. The standard InChI is InChI=1S/C30H33ClN2O4S/c1-20-16-21(2)30(22(3)17-20)38(36,37)33(25-12-8-5-9-13-25)19-28(34)32-27-15-14-24(31)18-26(27)29(35)23-10-6-4-7-11-23/h4,6-7,10-11,14-18,25H,5,8-9,12-13,19H2,1-3H3,(H,32,34). The van der Waals surface area contributed by atoms with Gasteiger partial charge < -0.3 is 5.32 Å². The number of amides is 1. The minimum Gasteiger partial charge on any atom is -0.324 e. The summed E-state index contributed by atoms with van der Waals surface area (Å²) in [7, 11) is -3.96. The Hall–Kier alpha value is -3.00. The van der Waals surface area contributed by atoms with Crippen LogP contribution in [0.2, 0.25) is 5.02 Å². The van der Waals surface area contributed by atoms with Crippen LogP contribution >= 0.6 is 11.6 Å².